The van der Waals surface area contributed by atoms with E-state index in [1.54, 1.807) is 56.3 Å². The van der Waals surface area contributed by atoms with Gasteiger partial charge < -0.3 is 15.0 Å². The molecule has 2 aromatic rings. The molecule has 2 aromatic carbocycles. The number of carbonyl (C=O) groups is 2. The number of ether oxygens (including phenoxy) is 1. The molecule has 11 heteroatoms. The second kappa shape index (κ2) is 12.2. The minimum Gasteiger partial charge on any atom is -0.492 e. The van der Waals surface area contributed by atoms with Crippen molar-refractivity contribution >= 4 is 50.7 Å². The van der Waals surface area contributed by atoms with Crippen molar-refractivity contribution in [2.45, 2.75) is 52.7 Å². The van der Waals surface area contributed by atoms with Crippen molar-refractivity contribution in [1.82, 2.24) is 10.2 Å². The zero-order valence-electron chi connectivity index (χ0n) is 21.3. The average molecular weight is 559 g/mol. The Morgan fingerprint density at radius 2 is 1.72 bits per heavy atom. The van der Waals surface area contributed by atoms with E-state index >= 15 is 0 Å². The van der Waals surface area contributed by atoms with Crippen LogP contribution in [0.1, 0.15) is 40.2 Å². The quantitative estimate of drug-likeness (QED) is 0.464. The van der Waals surface area contributed by atoms with E-state index in [4.69, 9.17) is 27.9 Å². The summed E-state index contributed by atoms with van der Waals surface area (Å²) >= 11 is 12.2. The van der Waals surface area contributed by atoms with Crippen LogP contribution in [0.15, 0.2) is 42.5 Å². The molecule has 1 atom stereocenters. The van der Waals surface area contributed by atoms with Gasteiger partial charge in [-0.3, -0.25) is 13.9 Å². The Kier molecular flexibility index (Phi) is 10.0. The van der Waals surface area contributed by atoms with Gasteiger partial charge in [0.25, 0.3) is 0 Å². The number of anilines is 1. The molecule has 198 valence electrons. The lowest BCUT2D eigenvalue weighted by molar-refractivity contribution is -0.140. The van der Waals surface area contributed by atoms with Crippen LogP contribution in [-0.2, 0) is 26.2 Å². The Balaban J connectivity index is 2.47. The van der Waals surface area contributed by atoms with Crippen LogP contribution in [-0.4, -0.2) is 56.1 Å². The molecule has 0 radical (unpaired) electrons. The van der Waals surface area contributed by atoms with Crippen molar-refractivity contribution in [3.8, 4) is 5.75 Å². The standard InChI is InChI=1S/C25H33Cl2N3O5S/c1-7-35-22-11-9-8-10-21(22)30(36(6,33)34)16-23(31)29(17(2)24(32)28-25(3,4)5)15-18-12-13-19(26)20(27)14-18/h8-14,17H,7,15-16H2,1-6H3,(H,28,32)/t17-/m1/s1. The zero-order chi connectivity index (χ0) is 27.3. The predicted octanol–water partition coefficient (Wildman–Crippen LogP) is 4.49. The van der Waals surface area contributed by atoms with Gasteiger partial charge in [0.05, 0.1) is 28.6 Å². The van der Waals surface area contributed by atoms with E-state index in [9.17, 15) is 18.0 Å². The van der Waals surface area contributed by atoms with E-state index in [-0.39, 0.29) is 18.1 Å². The SMILES string of the molecule is CCOc1ccccc1N(CC(=O)N(Cc1ccc(Cl)c(Cl)c1)[C@H](C)C(=O)NC(C)(C)C)S(C)(=O)=O. The number of nitrogens with one attached hydrogen (secondary N) is 1. The maximum atomic E-state index is 13.7. The third-order valence-corrected chi connectivity index (χ3v) is 6.98. The van der Waals surface area contributed by atoms with Gasteiger partial charge in [-0.25, -0.2) is 8.42 Å². The van der Waals surface area contributed by atoms with Crippen LogP contribution < -0.4 is 14.4 Å². The Morgan fingerprint density at radius 1 is 1.08 bits per heavy atom. The van der Waals surface area contributed by atoms with Gasteiger partial charge in [0, 0.05) is 12.1 Å². The number of rotatable bonds is 10. The number of carbonyl (C=O) groups excluding carboxylic acids is 2. The number of amides is 2. The highest BCUT2D eigenvalue weighted by atomic mass is 35.5. The van der Waals surface area contributed by atoms with Gasteiger partial charge >= 0.3 is 0 Å². The maximum absolute atomic E-state index is 13.7. The van der Waals surface area contributed by atoms with Crippen LogP contribution in [0.4, 0.5) is 5.69 Å². The fraction of sp³-hybridized carbons (Fsp3) is 0.440. The first kappa shape index (κ1) is 29.7. The van der Waals surface area contributed by atoms with Crippen molar-refractivity contribution in [3.05, 3.63) is 58.1 Å². The second-order valence-corrected chi connectivity index (χ2v) is 12.1. The van der Waals surface area contributed by atoms with E-state index < -0.39 is 34.1 Å². The molecular formula is C25H33Cl2N3O5S. The third-order valence-electron chi connectivity index (χ3n) is 5.12. The summed E-state index contributed by atoms with van der Waals surface area (Å²) in [4.78, 5) is 28.0. The summed E-state index contributed by atoms with van der Waals surface area (Å²) in [7, 11) is -3.88. The molecular weight excluding hydrogens is 525 g/mol. The number of nitrogens with zero attached hydrogens (tertiary/aromatic N) is 2. The summed E-state index contributed by atoms with van der Waals surface area (Å²) in [5, 5.41) is 3.53. The third kappa shape index (κ3) is 8.28. The summed E-state index contributed by atoms with van der Waals surface area (Å²) in [5.74, 6) is -0.626. The highest BCUT2D eigenvalue weighted by Gasteiger charge is 2.32. The molecule has 0 aliphatic carbocycles. The molecule has 0 aliphatic heterocycles. The Morgan fingerprint density at radius 3 is 2.28 bits per heavy atom. The van der Waals surface area contributed by atoms with E-state index in [2.05, 4.69) is 5.32 Å². The zero-order valence-corrected chi connectivity index (χ0v) is 23.7. The largest absolute Gasteiger partial charge is 0.492 e. The number of hydrogen-bond acceptors (Lipinski definition) is 5. The lowest BCUT2D eigenvalue weighted by Crippen LogP contribution is -2.54. The summed E-state index contributed by atoms with van der Waals surface area (Å²) in [6.07, 6.45) is 1.02. The molecule has 0 aromatic heterocycles. The minimum atomic E-state index is -3.88. The molecule has 0 heterocycles. The summed E-state index contributed by atoms with van der Waals surface area (Å²) < 4.78 is 32.1. The van der Waals surface area contributed by atoms with E-state index in [0.717, 1.165) is 10.6 Å². The van der Waals surface area contributed by atoms with Gasteiger partial charge in [0.2, 0.25) is 21.8 Å². The van der Waals surface area contributed by atoms with Crippen molar-refractivity contribution in [3.63, 3.8) is 0 Å². The Hall–Kier alpha value is -2.49. The van der Waals surface area contributed by atoms with Gasteiger partial charge in [0.1, 0.15) is 18.3 Å². The van der Waals surface area contributed by atoms with Crippen LogP contribution in [0.3, 0.4) is 0 Å². The van der Waals surface area contributed by atoms with E-state index in [1.165, 1.54) is 4.90 Å². The number of halogens is 2. The Labute approximate surface area is 223 Å². The monoisotopic (exact) mass is 557 g/mol. The van der Waals surface area contributed by atoms with Crippen LogP contribution in [0.5, 0.6) is 5.75 Å². The molecule has 0 saturated heterocycles. The molecule has 0 saturated carbocycles. The first-order chi connectivity index (χ1) is 16.6. The van der Waals surface area contributed by atoms with Gasteiger partial charge in [0.15, 0.2) is 0 Å². The molecule has 0 unspecified atom stereocenters. The molecule has 0 fully saturated rings. The molecule has 2 rings (SSSR count). The van der Waals surface area contributed by atoms with Gasteiger partial charge in [-0.1, -0.05) is 41.4 Å². The van der Waals surface area contributed by atoms with Crippen LogP contribution in [0.2, 0.25) is 10.0 Å². The minimum absolute atomic E-state index is 0.0131. The summed E-state index contributed by atoms with van der Waals surface area (Å²) in [6.45, 7) is 8.67. The smallest absolute Gasteiger partial charge is 0.244 e. The summed E-state index contributed by atoms with van der Waals surface area (Å²) in [6, 6.07) is 10.6. The average Bonchev–Trinajstić information content (AvgIpc) is 2.76. The van der Waals surface area contributed by atoms with Gasteiger partial charge in [-0.2, -0.15) is 0 Å². The number of hydrogen-bond donors (Lipinski definition) is 1. The molecule has 0 bridgehead atoms. The molecule has 0 spiro atoms. The number of para-hydroxylation sites is 2. The molecule has 8 nitrogen and oxygen atoms in total. The number of benzene rings is 2. The second-order valence-electron chi connectivity index (χ2n) is 9.36. The fourth-order valence-electron chi connectivity index (χ4n) is 3.43. The normalized spacial score (nSPS) is 12.6. The van der Waals surface area contributed by atoms with Crippen molar-refractivity contribution in [2.24, 2.45) is 0 Å². The van der Waals surface area contributed by atoms with Crippen LogP contribution in [0, 0.1) is 0 Å². The first-order valence-corrected chi connectivity index (χ1v) is 14.0. The highest BCUT2D eigenvalue weighted by molar-refractivity contribution is 7.92. The lowest BCUT2D eigenvalue weighted by Gasteiger charge is -2.33. The number of sulfonamides is 1. The fourth-order valence-corrected chi connectivity index (χ4v) is 4.60. The predicted molar refractivity (Wildman–Crippen MR) is 144 cm³/mol. The van der Waals surface area contributed by atoms with Crippen LogP contribution in [0.25, 0.3) is 0 Å². The summed E-state index contributed by atoms with van der Waals surface area (Å²) in [5.41, 5.74) is 0.337. The topological polar surface area (TPSA) is 96.0 Å². The first-order valence-electron chi connectivity index (χ1n) is 11.4. The Bertz CT molecular complexity index is 1200. The molecule has 0 aliphatic rings. The highest BCUT2D eigenvalue weighted by Crippen LogP contribution is 2.30. The maximum Gasteiger partial charge on any atom is 0.244 e. The molecule has 1 N–H and O–H groups in total. The molecule has 36 heavy (non-hydrogen) atoms. The van der Waals surface area contributed by atoms with E-state index in [0.29, 0.717) is 28.0 Å². The van der Waals surface area contributed by atoms with Crippen molar-refractivity contribution in [2.75, 3.05) is 23.7 Å². The van der Waals surface area contributed by atoms with Gasteiger partial charge in [-0.15, -0.1) is 0 Å². The van der Waals surface area contributed by atoms with E-state index in [1.807, 2.05) is 20.8 Å². The van der Waals surface area contributed by atoms with Crippen molar-refractivity contribution in [1.29, 1.82) is 0 Å². The van der Waals surface area contributed by atoms with Gasteiger partial charge in [-0.05, 0) is 64.4 Å². The lowest BCUT2D eigenvalue weighted by atomic mass is 10.1. The van der Waals surface area contributed by atoms with Crippen LogP contribution >= 0.6 is 23.2 Å². The van der Waals surface area contributed by atoms with Crippen molar-refractivity contribution < 1.29 is 22.7 Å². The molecule has 2 amide bonds.